The first kappa shape index (κ1) is 12.9. The molecule has 1 aliphatic heterocycles. The van der Waals surface area contributed by atoms with Crippen LogP contribution in [0.25, 0.3) is 10.9 Å². The van der Waals surface area contributed by atoms with Crippen LogP contribution in [0.15, 0.2) is 41.6 Å². The lowest BCUT2D eigenvalue weighted by atomic mass is 9.97. The van der Waals surface area contributed by atoms with Crippen molar-refractivity contribution in [2.24, 2.45) is 0 Å². The summed E-state index contributed by atoms with van der Waals surface area (Å²) in [5.74, 6) is -0.558. The number of nitrogen functional groups attached to an aromatic ring is 1. The minimum absolute atomic E-state index is 0.0525. The number of nitrogens with two attached hydrogens (primary N) is 1. The Kier molecular flexibility index (Phi) is 3.14. The quantitative estimate of drug-likeness (QED) is 0.501. The van der Waals surface area contributed by atoms with Crippen molar-refractivity contribution in [1.29, 1.82) is 0 Å². The highest BCUT2D eigenvalue weighted by atomic mass is 16.6. The molecule has 0 atom stereocenters. The number of hydrogen-bond donors (Lipinski definition) is 1. The Morgan fingerprint density at radius 1 is 1.26 bits per heavy atom. The Bertz CT molecular complexity index is 617. The average Bonchev–Trinajstić information content (AvgIpc) is 2.57. The van der Waals surface area contributed by atoms with E-state index in [1.165, 1.54) is 0 Å². The minimum atomic E-state index is -0.763. The van der Waals surface area contributed by atoms with E-state index >= 15 is 0 Å². The molecule has 1 aromatic carbocycles. The molecule has 0 unspecified atom stereocenters. The standard InChI is InChI=1S/C15H14N2O2/c1-15(2)12(13(17-3)14(18)19-15)9-6-10-4-7-11(16)8-5-10/h4-9H,16H2,1-2H3/b9-6+. The van der Waals surface area contributed by atoms with Crippen molar-refractivity contribution in [3.8, 4) is 0 Å². The highest BCUT2D eigenvalue weighted by molar-refractivity contribution is 5.96. The molecule has 4 nitrogen and oxygen atoms in total. The molecule has 0 saturated carbocycles. The number of rotatable bonds is 2. The second-order valence-electron chi connectivity index (χ2n) is 4.77. The van der Waals surface area contributed by atoms with Crippen molar-refractivity contribution in [2.45, 2.75) is 19.4 Å². The number of anilines is 1. The molecular formula is C15H14N2O2. The van der Waals surface area contributed by atoms with Gasteiger partial charge in [-0.15, -0.1) is 0 Å². The van der Waals surface area contributed by atoms with E-state index in [1.54, 1.807) is 32.1 Å². The lowest BCUT2D eigenvalue weighted by Crippen LogP contribution is -2.22. The third-order valence-corrected chi connectivity index (χ3v) is 2.94. The molecule has 0 fully saturated rings. The normalized spacial score (nSPS) is 17.6. The monoisotopic (exact) mass is 254 g/mol. The highest BCUT2D eigenvalue weighted by Gasteiger charge is 2.39. The molecule has 4 heteroatoms. The third-order valence-electron chi connectivity index (χ3n) is 2.94. The van der Waals surface area contributed by atoms with Gasteiger partial charge in [0.1, 0.15) is 5.60 Å². The van der Waals surface area contributed by atoms with E-state index in [-0.39, 0.29) is 5.70 Å². The van der Waals surface area contributed by atoms with Gasteiger partial charge in [-0.3, -0.25) is 4.79 Å². The largest absolute Gasteiger partial charge is 0.461 e. The number of esters is 1. The summed E-state index contributed by atoms with van der Waals surface area (Å²) < 4.78 is 5.17. The fourth-order valence-electron chi connectivity index (χ4n) is 1.90. The first-order valence-electron chi connectivity index (χ1n) is 5.83. The lowest BCUT2D eigenvalue weighted by Gasteiger charge is -2.19. The summed E-state index contributed by atoms with van der Waals surface area (Å²) in [5, 5.41) is 0. The summed E-state index contributed by atoms with van der Waals surface area (Å²) in [5.41, 5.74) is 7.14. The van der Waals surface area contributed by atoms with Crippen molar-refractivity contribution in [2.75, 3.05) is 5.73 Å². The first-order valence-corrected chi connectivity index (χ1v) is 5.83. The number of carbonyl (C=O) groups excluding carboxylic acids is 1. The molecule has 2 rings (SSSR count). The first-order chi connectivity index (χ1) is 8.94. The summed E-state index contributed by atoms with van der Waals surface area (Å²) in [6, 6.07) is 7.33. The number of carbonyl (C=O) groups is 1. The van der Waals surface area contributed by atoms with Gasteiger partial charge in [0, 0.05) is 11.3 Å². The van der Waals surface area contributed by atoms with Gasteiger partial charge in [-0.2, -0.15) is 0 Å². The van der Waals surface area contributed by atoms with Crippen LogP contribution in [0.1, 0.15) is 19.4 Å². The van der Waals surface area contributed by atoms with E-state index in [1.807, 2.05) is 18.2 Å². The third kappa shape index (κ3) is 2.50. The number of ether oxygens (including phenoxy) is 1. The molecule has 0 aromatic heterocycles. The molecular weight excluding hydrogens is 240 g/mol. The van der Waals surface area contributed by atoms with Crippen molar-refractivity contribution in [3.05, 3.63) is 58.6 Å². The van der Waals surface area contributed by atoms with Crippen molar-refractivity contribution in [1.82, 2.24) is 0 Å². The summed E-state index contributed by atoms with van der Waals surface area (Å²) in [6.07, 6.45) is 3.59. The van der Waals surface area contributed by atoms with Crippen LogP contribution in [0, 0.1) is 6.57 Å². The Hall–Kier alpha value is -2.54. The van der Waals surface area contributed by atoms with Gasteiger partial charge in [-0.05, 0) is 31.5 Å². The zero-order valence-electron chi connectivity index (χ0n) is 10.8. The molecule has 1 aliphatic rings. The molecule has 0 bridgehead atoms. The molecule has 0 spiro atoms. The van der Waals surface area contributed by atoms with Crippen LogP contribution in [-0.4, -0.2) is 11.6 Å². The molecule has 0 radical (unpaired) electrons. The van der Waals surface area contributed by atoms with Crippen LogP contribution in [0.3, 0.4) is 0 Å². The molecule has 0 aliphatic carbocycles. The van der Waals surface area contributed by atoms with Gasteiger partial charge in [0.15, 0.2) is 0 Å². The summed E-state index contributed by atoms with van der Waals surface area (Å²) >= 11 is 0. The molecule has 2 N–H and O–H groups in total. The zero-order chi connectivity index (χ0) is 14.0. The maximum Gasteiger partial charge on any atom is 0.337 e. The molecule has 1 heterocycles. The van der Waals surface area contributed by atoms with E-state index in [0.29, 0.717) is 11.3 Å². The summed E-state index contributed by atoms with van der Waals surface area (Å²) in [7, 11) is 0. The number of nitrogens with zero attached hydrogens (tertiary/aromatic N) is 1. The highest BCUT2D eigenvalue weighted by Crippen LogP contribution is 2.34. The van der Waals surface area contributed by atoms with E-state index in [0.717, 1.165) is 5.56 Å². The van der Waals surface area contributed by atoms with Crippen LogP contribution < -0.4 is 5.73 Å². The van der Waals surface area contributed by atoms with Gasteiger partial charge in [0.25, 0.3) is 5.70 Å². The Morgan fingerprint density at radius 3 is 2.47 bits per heavy atom. The second-order valence-corrected chi connectivity index (χ2v) is 4.77. The zero-order valence-corrected chi connectivity index (χ0v) is 10.8. The predicted molar refractivity (Wildman–Crippen MR) is 73.7 cm³/mol. The number of hydrogen-bond acceptors (Lipinski definition) is 3. The Morgan fingerprint density at radius 2 is 1.89 bits per heavy atom. The van der Waals surface area contributed by atoms with E-state index < -0.39 is 11.6 Å². The number of cyclic esters (lactones) is 1. The Balaban J connectivity index is 2.36. The maximum atomic E-state index is 11.5. The van der Waals surface area contributed by atoms with E-state index in [2.05, 4.69) is 4.85 Å². The molecule has 0 amide bonds. The van der Waals surface area contributed by atoms with Gasteiger partial charge < -0.3 is 10.5 Å². The fraction of sp³-hybridized carbons (Fsp3) is 0.200. The molecule has 96 valence electrons. The SMILES string of the molecule is [C-]#[N+]C1=C(/C=C/c2ccc(N)cc2)C(C)(C)OC1=O. The maximum absolute atomic E-state index is 11.5. The van der Waals surface area contributed by atoms with Crippen LogP contribution >= 0.6 is 0 Å². The van der Waals surface area contributed by atoms with Gasteiger partial charge >= 0.3 is 5.97 Å². The van der Waals surface area contributed by atoms with Gasteiger partial charge in [-0.25, -0.2) is 4.85 Å². The van der Waals surface area contributed by atoms with E-state index in [4.69, 9.17) is 17.0 Å². The average molecular weight is 254 g/mol. The van der Waals surface area contributed by atoms with Gasteiger partial charge in [0.05, 0.1) is 6.57 Å². The van der Waals surface area contributed by atoms with Crippen molar-refractivity contribution >= 4 is 17.7 Å². The van der Waals surface area contributed by atoms with E-state index in [9.17, 15) is 4.79 Å². The van der Waals surface area contributed by atoms with Crippen LogP contribution in [0.4, 0.5) is 5.69 Å². The summed E-state index contributed by atoms with van der Waals surface area (Å²) in [4.78, 5) is 14.8. The lowest BCUT2D eigenvalue weighted by molar-refractivity contribution is -0.144. The fourth-order valence-corrected chi connectivity index (χ4v) is 1.90. The van der Waals surface area contributed by atoms with Gasteiger partial charge in [-0.1, -0.05) is 24.3 Å². The van der Waals surface area contributed by atoms with Crippen molar-refractivity contribution < 1.29 is 9.53 Å². The number of benzene rings is 1. The van der Waals surface area contributed by atoms with Crippen LogP contribution in [0.5, 0.6) is 0 Å². The second kappa shape index (κ2) is 4.62. The predicted octanol–water partition coefficient (Wildman–Crippen LogP) is 2.79. The Labute approximate surface area is 112 Å². The van der Waals surface area contributed by atoms with Crippen LogP contribution in [0.2, 0.25) is 0 Å². The molecule has 0 saturated heterocycles. The topological polar surface area (TPSA) is 56.7 Å². The smallest absolute Gasteiger partial charge is 0.337 e. The molecule has 19 heavy (non-hydrogen) atoms. The molecule has 1 aromatic rings. The van der Waals surface area contributed by atoms with Crippen molar-refractivity contribution in [3.63, 3.8) is 0 Å². The van der Waals surface area contributed by atoms with Crippen LogP contribution in [-0.2, 0) is 9.53 Å². The minimum Gasteiger partial charge on any atom is -0.461 e. The van der Waals surface area contributed by atoms with Gasteiger partial charge in [0.2, 0.25) is 0 Å². The summed E-state index contributed by atoms with van der Waals surface area (Å²) in [6.45, 7) is 10.6.